The number of aromatic nitrogens is 3. The van der Waals surface area contributed by atoms with E-state index in [-0.39, 0.29) is 30.3 Å². The van der Waals surface area contributed by atoms with Crippen LogP contribution in [0.2, 0.25) is 0 Å². The molecule has 2 aliphatic heterocycles. The number of ether oxygens (including phenoxy) is 1. The number of carbonyl (C=O) groups is 1. The van der Waals surface area contributed by atoms with Gasteiger partial charge in [-0.3, -0.25) is 9.78 Å². The van der Waals surface area contributed by atoms with Crippen molar-refractivity contribution in [1.29, 1.82) is 0 Å². The van der Waals surface area contributed by atoms with Crippen LogP contribution in [0.1, 0.15) is 17.4 Å². The minimum Gasteiger partial charge on any atom is -0.376 e. The highest BCUT2D eigenvalue weighted by Gasteiger charge is 2.45. The van der Waals surface area contributed by atoms with Crippen molar-refractivity contribution >= 4 is 5.91 Å². The van der Waals surface area contributed by atoms with Gasteiger partial charge in [-0.2, -0.15) is 4.98 Å². The van der Waals surface area contributed by atoms with Gasteiger partial charge in [0.25, 0.3) is 0 Å². The zero-order valence-corrected chi connectivity index (χ0v) is 13.9. The molecule has 2 fully saturated rings. The molecule has 2 aliphatic rings. The predicted molar refractivity (Wildman–Crippen MR) is 83.9 cm³/mol. The van der Waals surface area contributed by atoms with Crippen molar-refractivity contribution in [2.75, 3.05) is 19.7 Å². The second-order valence-electron chi connectivity index (χ2n) is 6.68. The molecule has 2 aromatic heterocycles. The zero-order valence-electron chi connectivity index (χ0n) is 13.9. The third-order valence-corrected chi connectivity index (χ3v) is 4.92. The van der Waals surface area contributed by atoms with Crippen LogP contribution in [0.4, 0.5) is 4.39 Å². The van der Waals surface area contributed by atoms with Crippen molar-refractivity contribution in [2.24, 2.45) is 11.8 Å². The third kappa shape index (κ3) is 3.39. The highest BCUT2D eigenvalue weighted by molar-refractivity contribution is 5.78. The molecule has 2 saturated heterocycles. The number of aryl methyl sites for hydroxylation is 1. The Kier molecular flexibility index (Phi) is 4.20. The Balaban J connectivity index is 1.37. The number of hydrogen-bond donors (Lipinski definition) is 0. The maximum absolute atomic E-state index is 12.9. The van der Waals surface area contributed by atoms with Crippen LogP contribution < -0.4 is 0 Å². The molecule has 7 nitrogen and oxygen atoms in total. The van der Waals surface area contributed by atoms with Gasteiger partial charge in [-0.05, 0) is 25.0 Å². The van der Waals surface area contributed by atoms with Crippen LogP contribution in [0.3, 0.4) is 0 Å². The minimum atomic E-state index is -0.403. The Bertz CT molecular complexity index is 764. The van der Waals surface area contributed by atoms with E-state index >= 15 is 0 Å². The van der Waals surface area contributed by atoms with Crippen LogP contribution in [0, 0.1) is 24.6 Å². The fraction of sp³-hybridized carbons (Fsp3) is 0.529. The van der Waals surface area contributed by atoms with Crippen LogP contribution in [0.5, 0.6) is 0 Å². The smallest absolute Gasteiger partial charge is 0.228 e. The summed E-state index contributed by atoms with van der Waals surface area (Å²) in [5.41, 5.74) is 0.572. The van der Waals surface area contributed by atoms with Crippen LogP contribution in [-0.4, -0.2) is 51.7 Å². The first-order valence-corrected chi connectivity index (χ1v) is 8.37. The summed E-state index contributed by atoms with van der Waals surface area (Å²) < 4.78 is 24.0. The Morgan fingerprint density at radius 1 is 1.40 bits per heavy atom. The van der Waals surface area contributed by atoms with E-state index in [1.807, 2.05) is 4.90 Å². The van der Waals surface area contributed by atoms with Gasteiger partial charge in [0.15, 0.2) is 5.82 Å². The number of likely N-dealkylation sites (tertiary alicyclic amines) is 1. The highest BCUT2D eigenvalue weighted by atomic mass is 19.1. The van der Waals surface area contributed by atoms with E-state index in [4.69, 9.17) is 9.26 Å². The minimum absolute atomic E-state index is 0.00973. The lowest BCUT2D eigenvalue weighted by Gasteiger charge is -2.19. The molecule has 1 amide bonds. The van der Waals surface area contributed by atoms with Gasteiger partial charge in [-0.25, -0.2) is 4.39 Å². The molecule has 3 atom stereocenters. The molecule has 0 aliphatic carbocycles. The Labute approximate surface area is 144 Å². The molecule has 8 heteroatoms. The maximum Gasteiger partial charge on any atom is 0.228 e. The van der Waals surface area contributed by atoms with Gasteiger partial charge < -0.3 is 14.2 Å². The van der Waals surface area contributed by atoms with Crippen molar-refractivity contribution in [1.82, 2.24) is 20.0 Å². The van der Waals surface area contributed by atoms with Crippen molar-refractivity contribution in [3.05, 3.63) is 41.6 Å². The highest BCUT2D eigenvalue weighted by Crippen LogP contribution is 2.35. The van der Waals surface area contributed by atoms with E-state index in [1.54, 1.807) is 13.0 Å². The summed E-state index contributed by atoms with van der Waals surface area (Å²) in [4.78, 5) is 22.5. The monoisotopic (exact) mass is 346 g/mol. The Hall–Kier alpha value is -2.35. The van der Waals surface area contributed by atoms with E-state index in [2.05, 4.69) is 15.1 Å². The number of carbonyl (C=O) groups excluding carboxylic acids is 1. The average molecular weight is 346 g/mol. The van der Waals surface area contributed by atoms with Gasteiger partial charge in [0.2, 0.25) is 11.8 Å². The first-order valence-electron chi connectivity index (χ1n) is 8.37. The Morgan fingerprint density at radius 2 is 2.28 bits per heavy atom. The molecule has 0 spiro atoms. The van der Waals surface area contributed by atoms with Gasteiger partial charge >= 0.3 is 0 Å². The zero-order chi connectivity index (χ0) is 17.4. The lowest BCUT2D eigenvalue weighted by Crippen LogP contribution is -2.32. The number of amides is 1. The van der Waals surface area contributed by atoms with E-state index in [0.29, 0.717) is 43.5 Å². The molecule has 25 heavy (non-hydrogen) atoms. The molecule has 4 heterocycles. The molecule has 0 aromatic carbocycles. The molecule has 0 bridgehead atoms. The van der Waals surface area contributed by atoms with Gasteiger partial charge in [0.1, 0.15) is 5.82 Å². The number of rotatable bonds is 4. The molecular formula is C17H19FN4O3. The van der Waals surface area contributed by atoms with Gasteiger partial charge in [-0.1, -0.05) is 5.16 Å². The summed E-state index contributed by atoms with van der Waals surface area (Å²) in [5, 5.41) is 3.82. The van der Waals surface area contributed by atoms with Crippen molar-refractivity contribution in [2.45, 2.75) is 25.9 Å². The fourth-order valence-corrected chi connectivity index (χ4v) is 3.64. The second-order valence-corrected chi connectivity index (χ2v) is 6.68. The quantitative estimate of drug-likeness (QED) is 0.827. The van der Waals surface area contributed by atoms with Gasteiger partial charge in [-0.15, -0.1) is 0 Å². The molecule has 132 valence electrons. The molecule has 0 unspecified atom stereocenters. The number of fused-ring (bicyclic) bond motifs is 1. The third-order valence-electron chi connectivity index (χ3n) is 4.92. The maximum atomic E-state index is 12.9. The summed E-state index contributed by atoms with van der Waals surface area (Å²) in [7, 11) is 0. The van der Waals surface area contributed by atoms with Gasteiger partial charge in [0.05, 0.1) is 25.3 Å². The Morgan fingerprint density at radius 3 is 3.00 bits per heavy atom. The first kappa shape index (κ1) is 16.1. The van der Waals surface area contributed by atoms with Crippen molar-refractivity contribution in [3.8, 4) is 0 Å². The van der Waals surface area contributed by atoms with Crippen molar-refractivity contribution in [3.63, 3.8) is 0 Å². The summed E-state index contributed by atoms with van der Waals surface area (Å²) >= 11 is 0. The molecule has 4 rings (SSSR count). The average Bonchev–Trinajstić information content (AvgIpc) is 3.27. The first-order chi connectivity index (χ1) is 12.1. The van der Waals surface area contributed by atoms with Gasteiger partial charge in [0, 0.05) is 31.1 Å². The molecule has 0 saturated carbocycles. The van der Waals surface area contributed by atoms with Crippen LogP contribution in [0.25, 0.3) is 0 Å². The normalized spacial score (nSPS) is 25.4. The lowest BCUT2D eigenvalue weighted by molar-refractivity contribution is -0.130. The second kappa shape index (κ2) is 6.51. The van der Waals surface area contributed by atoms with E-state index in [1.165, 1.54) is 6.07 Å². The van der Waals surface area contributed by atoms with Crippen LogP contribution in [-0.2, 0) is 22.4 Å². The summed E-state index contributed by atoms with van der Waals surface area (Å²) in [6, 6.07) is 2.86. The van der Waals surface area contributed by atoms with E-state index in [9.17, 15) is 9.18 Å². The molecule has 2 aromatic rings. The number of nitrogens with zero attached hydrogens (tertiary/aromatic N) is 4. The fourth-order valence-electron chi connectivity index (χ4n) is 3.64. The number of hydrogen-bond acceptors (Lipinski definition) is 6. The van der Waals surface area contributed by atoms with Crippen LogP contribution in [0.15, 0.2) is 22.9 Å². The predicted octanol–water partition coefficient (Wildman–Crippen LogP) is 1.17. The van der Waals surface area contributed by atoms with E-state index in [0.717, 1.165) is 6.20 Å². The summed E-state index contributed by atoms with van der Waals surface area (Å²) in [6.45, 7) is 3.69. The van der Waals surface area contributed by atoms with E-state index < -0.39 is 5.82 Å². The largest absolute Gasteiger partial charge is 0.376 e. The molecular weight excluding hydrogens is 327 g/mol. The SMILES string of the molecule is Cc1noc(C[C@H]2CO[C@@H]3CN(C(=O)Cc4ccc(F)cn4)C[C@H]23)n1. The van der Waals surface area contributed by atoms with Crippen LogP contribution >= 0.6 is 0 Å². The number of pyridine rings is 1. The van der Waals surface area contributed by atoms with Crippen molar-refractivity contribution < 1.29 is 18.4 Å². The molecule has 0 radical (unpaired) electrons. The molecule has 0 N–H and O–H groups in total. The lowest BCUT2D eigenvalue weighted by atomic mass is 9.90. The summed E-state index contributed by atoms with van der Waals surface area (Å²) in [5.74, 6) is 1.38. The standard InChI is InChI=1S/C17H19FN4O3/c1-10-20-16(25-21-10)4-11-9-24-15-8-22(7-14(11)15)17(23)5-13-3-2-12(18)6-19-13/h2-3,6,11,14-15H,4-5,7-9H2,1H3/t11-,14+,15+/m0/s1. The topological polar surface area (TPSA) is 81.4 Å². The summed E-state index contributed by atoms with van der Waals surface area (Å²) in [6.07, 6.45) is 2.03. The number of halogens is 1.